The molecule has 0 bridgehead atoms. The highest BCUT2D eigenvalue weighted by Crippen LogP contribution is 2.29. The molecule has 3 heterocycles. The first-order chi connectivity index (χ1) is 13.6. The van der Waals surface area contributed by atoms with E-state index in [2.05, 4.69) is 15.7 Å². The van der Waals surface area contributed by atoms with E-state index in [0.29, 0.717) is 19.6 Å². The van der Waals surface area contributed by atoms with Crippen LogP contribution < -0.4 is 5.32 Å². The molecule has 1 aromatic carbocycles. The van der Waals surface area contributed by atoms with Crippen molar-refractivity contribution in [1.29, 1.82) is 0 Å². The summed E-state index contributed by atoms with van der Waals surface area (Å²) in [6.45, 7) is 3.51. The SMILES string of the molecule is Cc1nc(-c2ccc(CNC(=O)C3CC(=O)N(Cc4ccccc4)C3)s2)cs1. The average molecular weight is 412 g/mol. The summed E-state index contributed by atoms with van der Waals surface area (Å²) < 4.78 is 0. The fourth-order valence-electron chi connectivity index (χ4n) is 3.31. The van der Waals surface area contributed by atoms with E-state index < -0.39 is 0 Å². The van der Waals surface area contributed by atoms with Crippen molar-refractivity contribution < 1.29 is 9.59 Å². The van der Waals surface area contributed by atoms with E-state index in [1.54, 1.807) is 27.6 Å². The molecule has 5 nitrogen and oxygen atoms in total. The average Bonchev–Trinajstić information content (AvgIpc) is 3.41. The molecule has 7 heteroatoms. The van der Waals surface area contributed by atoms with Gasteiger partial charge in [-0.2, -0.15) is 0 Å². The number of hydrogen-bond donors (Lipinski definition) is 1. The second-order valence-corrected chi connectivity index (χ2v) is 9.13. The smallest absolute Gasteiger partial charge is 0.225 e. The Bertz CT molecular complexity index is 980. The fraction of sp³-hybridized carbons (Fsp3) is 0.286. The van der Waals surface area contributed by atoms with Crippen LogP contribution in [0.15, 0.2) is 47.8 Å². The molecule has 1 N–H and O–H groups in total. The Morgan fingerprint density at radius 2 is 2.07 bits per heavy atom. The van der Waals surface area contributed by atoms with Crippen LogP contribution in [0.3, 0.4) is 0 Å². The normalized spacial score (nSPS) is 16.5. The molecule has 2 aromatic heterocycles. The molecule has 0 saturated carbocycles. The minimum Gasteiger partial charge on any atom is -0.351 e. The van der Waals surface area contributed by atoms with Crippen LogP contribution in [0, 0.1) is 12.8 Å². The standard InChI is InChI=1S/C21H21N3O2S2/c1-14-23-18(13-27-14)19-8-7-17(28-19)10-22-21(26)16-9-20(25)24(12-16)11-15-5-3-2-4-6-15/h2-8,13,16H,9-12H2,1H3,(H,22,26). The zero-order valence-electron chi connectivity index (χ0n) is 15.6. The lowest BCUT2D eigenvalue weighted by Gasteiger charge is -2.16. The number of nitrogens with one attached hydrogen (secondary N) is 1. The molecule has 1 aliphatic rings. The summed E-state index contributed by atoms with van der Waals surface area (Å²) in [6.07, 6.45) is 0.284. The number of amides is 2. The number of likely N-dealkylation sites (tertiary alicyclic amines) is 1. The molecule has 144 valence electrons. The van der Waals surface area contributed by atoms with Crippen molar-refractivity contribution in [3.05, 3.63) is 63.3 Å². The number of carbonyl (C=O) groups is 2. The molecule has 3 aromatic rings. The third-order valence-corrected chi connectivity index (χ3v) is 6.65. The lowest BCUT2D eigenvalue weighted by Crippen LogP contribution is -2.32. The Labute approximate surface area is 172 Å². The molecule has 1 atom stereocenters. The predicted octanol–water partition coefficient (Wildman–Crippen LogP) is 3.84. The van der Waals surface area contributed by atoms with Crippen LogP contribution >= 0.6 is 22.7 Å². The Hall–Kier alpha value is -2.51. The summed E-state index contributed by atoms with van der Waals surface area (Å²) in [5, 5.41) is 6.09. The summed E-state index contributed by atoms with van der Waals surface area (Å²) >= 11 is 3.27. The number of rotatable bonds is 6. The van der Waals surface area contributed by atoms with Gasteiger partial charge in [0.25, 0.3) is 0 Å². The van der Waals surface area contributed by atoms with Crippen molar-refractivity contribution in [3.8, 4) is 10.6 Å². The topological polar surface area (TPSA) is 62.3 Å². The van der Waals surface area contributed by atoms with Crippen molar-refractivity contribution in [2.75, 3.05) is 6.54 Å². The van der Waals surface area contributed by atoms with Crippen LogP contribution in [-0.4, -0.2) is 28.2 Å². The number of aryl methyl sites for hydroxylation is 1. The van der Waals surface area contributed by atoms with Crippen molar-refractivity contribution in [2.45, 2.75) is 26.4 Å². The van der Waals surface area contributed by atoms with Gasteiger partial charge in [0.1, 0.15) is 0 Å². The Balaban J connectivity index is 1.31. The second kappa shape index (κ2) is 8.24. The summed E-state index contributed by atoms with van der Waals surface area (Å²) in [5.41, 5.74) is 2.07. The van der Waals surface area contributed by atoms with Gasteiger partial charge >= 0.3 is 0 Å². The first-order valence-corrected chi connectivity index (χ1v) is 10.9. The number of carbonyl (C=O) groups excluding carboxylic acids is 2. The molecule has 0 aliphatic carbocycles. The zero-order valence-corrected chi connectivity index (χ0v) is 17.2. The van der Waals surface area contributed by atoms with Gasteiger partial charge in [-0.05, 0) is 24.6 Å². The molecule has 0 radical (unpaired) electrons. The van der Waals surface area contributed by atoms with Crippen LogP contribution in [0.2, 0.25) is 0 Å². The maximum atomic E-state index is 12.5. The largest absolute Gasteiger partial charge is 0.351 e. The van der Waals surface area contributed by atoms with Gasteiger partial charge in [0.15, 0.2) is 0 Å². The minimum absolute atomic E-state index is 0.0429. The number of aromatic nitrogens is 1. The van der Waals surface area contributed by atoms with Crippen LogP contribution in [0.5, 0.6) is 0 Å². The maximum absolute atomic E-state index is 12.5. The van der Waals surface area contributed by atoms with E-state index in [1.165, 1.54) is 0 Å². The van der Waals surface area contributed by atoms with Crippen molar-refractivity contribution in [3.63, 3.8) is 0 Å². The molecule has 1 unspecified atom stereocenters. The molecule has 4 rings (SSSR count). The highest BCUT2D eigenvalue weighted by Gasteiger charge is 2.34. The van der Waals surface area contributed by atoms with E-state index in [4.69, 9.17) is 0 Å². The van der Waals surface area contributed by atoms with Gasteiger partial charge in [-0.1, -0.05) is 30.3 Å². The van der Waals surface area contributed by atoms with Crippen molar-refractivity contribution in [2.24, 2.45) is 5.92 Å². The number of thiophene rings is 1. The van der Waals surface area contributed by atoms with Gasteiger partial charge in [0.2, 0.25) is 11.8 Å². The monoisotopic (exact) mass is 411 g/mol. The first kappa shape index (κ1) is 18.8. The molecular weight excluding hydrogens is 390 g/mol. The molecular formula is C21H21N3O2S2. The highest BCUT2D eigenvalue weighted by atomic mass is 32.1. The predicted molar refractivity (Wildman–Crippen MR) is 112 cm³/mol. The van der Waals surface area contributed by atoms with Gasteiger partial charge in [-0.25, -0.2) is 4.98 Å². The van der Waals surface area contributed by atoms with Gasteiger partial charge < -0.3 is 10.2 Å². The number of hydrogen-bond acceptors (Lipinski definition) is 5. The molecule has 28 heavy (non-hydrogen) atoms. The molecule has 2 amide bonds. The van der Waals surface area contributed by atoms with Crippen LogP contribution in [0.4, 0.5) is 0 Å². The second-order valence-electron chi connectivity index (χ2n) is 6.90. The van der Waals surface area contributed by atoms with Gasteiger partial charge in [-0.3, -0.25) is 9.59 Å². The van der Waals surface area contributed by atoms with Gasteiger partial charge in [-0.15, -0.1) is 22.7 Å². The Morgan fingerprint density at radius 3 is 2.82 bits per heavy atom. The maximum Gasteiger partial charge on any atom is 0.225 e. The number of nitrogens with zero attached hydrogens (tertiary/aromatic N) is 2. The molecule has 1 saturated heterocycles. The molecule has 1 aliphatic heterocycles. The van der Waals surface area contributed by atoms with Gasteiger partial charge in [0, 0.05) is 29.8 Å². The number of benzene rings is 1. The van der Waals surface area contributed by atoms with Crippen LogP contribution in [-0.2, 0) is 22.7 Å². The minimum atomic E-state index is -0.281. The van der Waals surface area contributed by atoms with E-state index in [-0.39, 0.29) is 24.2 Å². The van der Waals surface area contributed by atoms with Crippen LogP contribution in [0.1, 0.15) is 21.9 Å². The first-order valence-electron chi connectivity index (χ1n) is 9.19. The van der Waals surface area contributed by atoms with E-state index in [1.807, 2.05) is 49.4 Å². The number of thiazole rings is 1. The highest BCUT2D eigenvalue weighted by molar-refractivity contribution is 7.16. The Kier molecular flexibility index (Phi) is 5.54. The molecule has 0 spiro atoms. The summed E-state index contributed by atoms with van der Waals surface area (Å²) in [5.74, 6) is -0.290. The quantitative estimate of drug-likeness (QED) is 0.670. The van der Waals surface area contributed by atoms with Crippen molar-refractivity contribution >= 4 is 34.5 Å². The fourth-order valence-corrected chi connectivity index (χ4v) is 4.91. The third-order valence-electron chi connectivity index (χ3n) is 4.77. The zero-order chi connectivity index (χ0) is 19.5. The molecule has 1 fully saturated rings. The van der Waals surface area contributed by atoms with E-state index >= 15 is 0 Å². The summed E-state index contributed by atoms with van der Waals surface area (Å²) in [4.78, 5) is 33.3. The van der Waals surface area contributed by atoms with E-state index in [0.717, 1.165) is 26.0 Å². The lowest BCUT2D eigenvalue weighted by molar-refractivity contribution is -0.129. The van der Waals surface area contributed by atoms with Crippen molar-refractivity contribution in [1.82, 2.24) is 15.2 Å². The lowest BCUT2D eigenvalue weighted by atomic mass is 10.1. The van der Waals surface area contributed by atoms with Crippen LogP contribution in [0.25, 0.3) is 10.6 Å². The summed E-state index contributed by atoms with van der Waals surface area (Å²) in [7, 11) is 0. The van der Waals surface area contributed by atoms with E-state index in [9.17, 15) is 9.59 Å². The van der Waals surface area contributed by atoms with Gasteiger partial charge in [0.05, 0.1) is 28.0 Å². The Morgan fingerprint density at radius 1 is 1.25 bits per heavy atom. The summed E-state index contributed by atoms with van der Waals surface area (Å²) in [6, 6.07) is 13.9. The third kappa shape index (κ3) is 4.31.